The third kappa shape index (κ3) is 6.76. The molecule has 0 bridgehead atoms. The molecule has 1 aromatic carbocycles. The summed E-state index contributed by atoms with van der Waals surface area (Å²) in [7, 11) is 0. The topological polar surface area (TPSA) is 84.9 Å². The molecule has 1 fully saturated rings. The van der Waals surface area contributed by atoms with Crippen LogP contribution in [-0.4, -0.2) is 48.2 Å². The Balaban J connectivity index is 1.79. The minimum atomic E-state index is -0.547. The lowest BCUT2D eigenvalue weighted by atomic mass is 9.97. The molecule has 0 spiro atoms. The van der Waals surface area contributed by atoms with E-state index in [4.69, 9.17) is 9.47 Å². The van der Waals surface area contributed by atoms with Gasteiger partial charge in [-0.2, -0.15) is 0 Å². The fourth-order valence-electron chi connectivity index (χ4n) is 3.43. The van der Waals surface area contributed by atoms with Gasteiger partial charge in [-0.3, -0.25) is 9.59 Å². The lowest BCUT2D eigenvalue weighted by Crippen LogP contribution is -2.43. The molecular weight excluding hydrogens is 372 g/mol. The van der Waals surface area contributed by atoms with E-state index in [0.717, 1.165) is 22.4 Å². The SMILES string of the molecule is Cc1cc(C)c(NC(=O)COC(=O)C2CCN(C(=O)OC(C)(C)C)CC2)c(C)c1. The molecule has 160 valence electrons. The molecule has 7 nitrogen and oxygen atoms in total. The quantitative estimate of drug-likeness (QED) is 0.773. The molecule has 0 saturated carbocycles. The Labute approximate surface area is 172 Å². The van der Waals surface area contributed by atoms with Gasteiger partial charge in [-0.05, 0) is 65.5 Å². The van der Waals surface area contributed by atoms with Gasteiger partial charge in [-0.25, -0.2) is 4.79 Å². The summed E-state index contributed by atoms with van der Waals surface area (Å²) in [6.07, 6.45) is 0.624. The second kappa shape index (κ2) is 9.29. The summed E-state index contributed by atoms with van der Waals surface area (Å²) in [5.41, 5.74) is 3.27. The number of amides is 2. The van der Waals surface area contributed by atoms with E-state index in [-0.39, 0.29) is 24.5 Å². The number of aryl methyl sites for hydroxylation is 3. The first-order valence-corrected chi connectivity index (χ1v) is 9.98. The number of carbonyl (C=O) groups is 3. The molecule has 1 N–H and O–H groups in total. The molecule has 0 radical (unpaired) electrons. The van der Waals surface area contributed by atoms with Crippen molar-refractivity contribution in [1.82, 2.24) is 4.90 Å². The average Bonchev–Trinajstić information content (AvgIpc) is 2.61. The largest absolute Gasteiger partial charge is 0.455 e. The summed E-state index contributed by atoms with van der Waals surface area (Å²) >= 11 is 0. The molecule has 0 aliphatic carbocycles. The second-order valence-corrected chi connectivity index (χ2v) is 8.67. The number of hydrogen-bond donors (Lipinski definition) is 1. The summed E-state index contributed by atoms with van der Waals surface area (Å²) in [5, 5.41) is 2.82. The van der Waals surface area contributed by atoms with E-state index in [0.29, 0.717) is 25.9 Å². The van der Waals surface area contributed by atoms with E-state index >= 15 is 0 Å². The number of anilines is 1. The van der Waals surface area contributed by atoms with Crippen molar-refractivity contribution < 1.29 is 23.9 Å². The fourth-order valence-corrected chi connectivity index (χ4v) is 3.43. The standard InChI is InChI=1S/C22H32N2O5/c1-14-11-15(2)19(16(3)12-14)23-18(25)13-28-20(26)17-7-9-24(10-8-17)21(27)29-22(4,5)6/h11-12,17H,7-10,13H2,1-6H3,(H,23,25). The number of ether oxygens (including phenoxy) is 2. The first-order valence-electron chi connectivity index (χ1n) is 9.98. The molecular formula is C22H32N2O5. The van der Waals surface area contributed by atoms with Gasteiger partial charge in [0.2, 0.25) is 0 Å². The van der Waals surface area contributed by atoms with Crippen LogP contribution in [-0.2, 0) is 19.1 Å². The fraction of sp³-hybridized carbons (Fsp3) is 0.591. The van der Waals surface area contributed by atoms with Gasteiger partial charge in [-0.15, -0.1) is 0 Å². The second-order valence-electron chi connectivity index (χ2n) is 8.67. The summed E-state index contributed by atoms with van der Waals surface area (Å²) in [6, 6.07) is 3.99. The predicted octanol–water partition coefficient (Wildman–Crippen LogP) is 3.74. The Morgan fingerprint density at radius 3 is 2.14 bits per heavy atom. The van der Waals surface area contributed by atoms with E-state index in [1.54, 1.807) is 4.90 Å². The molecule has 1 aromatic rings. The van der Waals surface area contributed by atoms with Crippen molar-refractivity contribution in [3.05, 3.63) is 28.8 Å². The van der Waals surface area contributed by atoms with Crippen molar-refractivity contribution in [2.45, 2.75) is 60.0 Å². The maximum Gasteiger partial charge on any atom is 0.410 e. The van der Waals surface area contributed by atoms with E-state index in [9.17, 15) is 14.4 Å². The molecule has 1 saturated heterocycles. The molecule has 1 aliphatic rings. The van der Waals surface area contributed by atoms with Crippen LogP contribution in [0.1, 0.15) is 50.3 Å². The number of nitrogens with one attached hydrogen (secondary N) is 1. The van der Waals surface area contributed by atoms with Crippen LogP contribution < -0.4 is 5.32 Å². The normalized spacial score (nSPS) is 15.0. The van der Waals surface area contributed by atoms with Crippen molar-refractivity contribution in [3.8, 4) is 0 Å². The summed E-state index contributed by atoms with van der Waals surface area (Å²) in [5.74, 6) is -1.08. The summed E-state index contributed by atoms with van der Waals surface area (Å²) in [6.45, 7) is 11.9. The zero-order chi connectivity index (χ0) is 21.8. The van der Waals surface area contributed by atoms with Gasteiger partial charge in [0.25, 0.3) is 5.91 Å². The Bertz CT molecular complexity index is 751. The van der Waals surface area contributed by atoms with Crippen LogP contribution in [0.2, 0.25) is 0 Å². The Morgan fingerprint density at radius 1 is 1.07 bits per heavy atom. The lowest BCUT2D eigenvalue weighted by molar-refractivity contribution is -0.153. The van der Waals surface area contributed by atoms with Gasteiger partial charge in [0, 0.05) is 18.8 Å². The van der Waals surface area contributed by atoms with Crippen LogP contribution in [0.25, 0.3) is 0 Å². The predicted molar refractivity (Wildman–Crippen MR) is 111 cm³/mol. The summed E-state index contributed by atoms with van der Waals surface area (Å²) < 4.78 is 10.6. The molecule has 2 amide bonds. The van der Waals surface area contributed by atoms with Crippen LogP contribution >= 0.6 is 0 Å². The van der Waals surface area contributed by atoms with Crippen molar-refractivity contribution in [2.24, 2.45) is 5.92 Å². The Kier molecular flexibility index (Phi) is 7.27. The van der Waals surface area contributed by atoms with Gasteiger partial charge < -0.3 is 19.7 Å². The summed E-state index contributed by atoms with van der Waals surface area (Å²) in [4.78, 5) is 38.2. The van der Waals surface area contributed by atoms with Gasteiger partial charge in [0.15, 0.2) is 6.61 Å². The lowest BCUT2D eigenvalue weighted by Gasteiger charge is -2.32. The third-order valence-electron chi connectivity index (χ3n) is 4.77. The van der Waals surface area contributed by atoms with Crippen LogP contribution in [0.15, 0.2) is 12.1 Å². The maximum absolute atomic E-state index is 12.3. The number of hydrogen-bond acceptors (Lipinski definition) is 5. The van der Waals surface area contributed by atoms with Crippen LogP contribution in [0.3, 0.4) is 0 Å². The van der Waals surface area contributed by atoms with Crippen molar-refractivity contribution >= 4 is 23.7 Å². The molecule has 7 heteroatoms. The van der Waals surface area contributed by atoms with Crippen molar-refractivity contribution in [3.63, 3.8) is 0 Å². The molecule has 1 heterocycles. The van der Waals surface area contributed by atoms with E-state index in [1.807, 2.05) is 53.7 Å². The zero-order valence-corrected chi connectivity index (χ0v) is 18.3. The van der Waals surface area contributed by atoms with Crippen LogP contribution in [0, 0.1) is 26.7 Å². The highest BCUT2D eigenvalue weighted by molar-refractivity contribution is 5.94. The minimum absolute atomic E-state index is 0.315. The first-order chi connectivity index (χ1) is 13.5. The molecule has 29 heavy (non-hydrogen) atoms. The van der Waals surface area contributed by atoms with Crippen molar-refractivity contribution in [2.75, 3.05) is 25.0 Å². The number of nitrogens with zero attached hydrogens (tertiary/aromatic N) is 1. The van der Waals surface area contributed by atoms with Crippen molar-refractivity contribution in [1.29, 1.82) is 0 Å². The number of carbonyl (C=O) groups excluding carboxylic acids is 3. The van der Waals surface area contributed by atoms with Gasteiger partial charge >= 0.3 is 12.1 Å². The molecule has 0 aromatic heterocycles. The minimum Gasteiger partial charge on any atom is -0.455 e. The molecule has 1 aliphatic heterocycles. The monoisotopic (exact) mass is 404 g/mol. The number of piperidine rings is 1. The van der Waals surface area contributed by atoms with Gasteiger partial charge in [0.1, 0.15) is 5.60 Å². The maximum atomic E-state index is 12.3. The highest BCUT2D eigenvalue weighted by atomic mass is 16.6. The number of rotatable bonds is 4. The zero-order valence-electron chi connectivity index (χ0n) is 18.3. The number of esters is 1. The molecule has 0 atom stereocenters. The first kappa shape index (κ1) is 22.7. The average molecular weight is 405 g/mol. The number of likely N-dealkylation sites (tertiary alicyclic amines) is 1. The molecule has 0 unspecified atom stereocenters. The van der Waals surface area contributed by atoms with E-state index in [2.05, 4.69) is 5.32 Å². The van der Waals surface area contributed by atoms with Gasteiger partial charge in [0.05, 0.1) is 5.92 Å². The molecule has 2 rings (SSSR count). The Morgan fingerprint density at radius 2 is 1.62 bits per heavy atom. The van der Waals surface area contributed by atoms with E-state index in [1.165, 1.54) is 0 Å². The van der Waals surface area contributed by atoms with Gasteiger partial charge in [-0.1, -0.05) is 17.7 Å². The van der Waals surface area contributed by atoms with E-state index < -0.39 is 11.6 Å². The highest BCUT2D eigenvalue weighted by Crippen LogP contribution is 2.23. The third-order valence-corrected chi connectivity index (χ3v) is 4.77. The van der Waals surface area contributed by atoms with Crippen LogP contribution in [0.4, 0.5) is 10.5 Å². The number of benzene rings is 1. The Hall–Kier alpha value is -2.57. The van der Waals surface area contributed by atoms with Crippen LogP contribution in [0.5, 0.6) is 0 Å². The smallest absolute Gasteiger partial charge is 0.410 e. The highest BCUT2D eigenvalue weighted by Gasteiger charge is 2.31.